The number of carbonyl (C=O) groups excluding carboxylic acids is 1. The smallest absolute Gasteiger partial charge is 0.150 e. The molecule has 0 aliphatic carbocycles. The van der Waals surface area contributed by atoms with Gasteiger partial charge in [-0.1, -0.05) is 22.0 Å². The van der Waals surface area contributed by atoms with E-state index >= 15 is 0 Å². The van der Waals surface area contributed by atoms with E-state index in [9.17, 15) is 4.79 Å². The lowest BCUT2D eigenvalue weighted by Crippen LogP contribution is -1.90. The molecule has 70 valence electrons. The molecule has 0 saturated carbocycles. The van der Waals surface area contributed by atoms with Crippen LogP contribution in [0.2, 0.25) is 0 Å². The number of hydrogen-bond donors (Lipinski definition) is 0. The van der Waals surface area contributed by atoms with Gasteiger partial charge in [-0.15, -0.1) is 0 Å². The Morgan fingerprint density at radius 2 is 2.14 bits per heavy atom. The number of halogens is 1. The molecule has 0 unspecified atom stereocenters. The van der Waals surface area contributed by atoms with Crippen molar-refractivity contribution < 1.29 is 4.79 Å². The SMILES string of the molecule is Cc1cc(C=O)c2ccc(Br)cc2n1. The standard InChI is InChI=1S/C11H8BrNO/c1-7-4-8(6-14)10-3-2-9(12)5-11(10)13-7/h2-6H,1H3. The minimum atomic E-state index is 0.694. The first-order chi connectivity index (χ1) is 6.70. The van der Waals surface area contributed by atoms with Gasteiger partial charge in [0.2, 0.25) is 0 Å². The molecule has 0 aliphatic rings. The summed E-state index contributed by atoms with van der Waals surface area (Å²) >= 11 is 3.38. The zero-order valence-corrected chi connectivity index (χ0v) is 9.21. The van der Waals surface area contributed by atoms with Gasteiger partial charge in [-0.25, -0.2) is 0 Å². The summed E-state index contributed by atoms with van der Waals surface area (Å²) < 4.78 is 0.972. The Labute approximate surface area is 90.1 Å². The minimum absolute atomic E-state index is 0.694. The Kier molecular flexibility index (Phi) is 2.33. The van der Waals surface area contributed by atoms with E-state index in [0.717, 1.165) is 27.4 Å². The molecule has 0 saturated heterocycles. The van der Waals surface area contributed by atoms with Gasteiger partial charge in [-0.2, -0.15) is 0 Å². The lowest BCUT2D eigenvalue weighted by Gasteiger charge is -2.02. The molecule has 0 N–H and O–H groups in total. The first-order valence-corrected chi connectivity index (χ1v) is 5.02. The maximum absolute atomic E-state index is 10.8. The summed E-state index contributed by atoms with van der Waals surface area (Å²) in [6, 6.07) is 7.51. The van der Waals surface area contributed by atoms with Gasteiger partial charge in [0.05, 0.1) is 5.52 Å². The second-order valence-electron chi connectivity index (χ2n) is 3.13. The maximum Gasteiger partial charge on any atom is 0.150 e. The molecule has 2 rings (SSSR count). The number of aromatic nitrogens is 1. The summed E-state index contributed by atoms with van der Waals surface area (Å²) in [6.45, 7) is 1.88. The monoisotopic (exact) mass is 249 g/mol. The Morgan fingerprint density at radius 1 is 1.36 bits per heavy atom. The van der Waals surface area contributed by atoms with Crippen molar-refractivity contribution in [1.82, 2.24) is 4.98 Å². The molecule has 1 aromatic heterocycles. The third kappa shape index (κ3) is 1.55. The van der Waals surface area contributed by atoms with Gasteiger partial charge in [-0.05, 0) is 25.1 Å². The van der Waals surface area contributed by atoms with Crippen molar-refractivity contribution in [3.63, 3.8) is 0 Å². The largest absolute Gasteiger partial charge is 0.298 e. The van der Waals surface area contributed by atoms with Gasteiger partial charge in [0.1, 0.15) is 0 Å². The summed E-state index contributed by atoms with van der Waals surface area (Å²) in [7, 11) is 0. The van der Waals surface area contributed by atoms with Gasteiger partial charge in [-0.3, -0.25) is 9.78 Å². The number of aldehydes is 1. The first kappa shape index (κ1) is 9.34. The number of carbonyl (C=O) groups is 1. The van der Waals surface area contributed by atoms with E-state index in [1.165, 1.54) is 0 Å². The van der Waals surface area contributed by atoms with Crippen LogP contribution in [0.3, 0.4) is 0 Å². The highest BCUT2D eigenvalue weighted by atomic mass is 79.9. The van der Waals surface area contributed by atoms with Crippen molar-refractivity contribution in [3.8, 4) is 0 Å². The van der Waals surface area contributed by atoms with Crippen molar-refractivity contribution >= 4 is 33.1 Å². The van der Waals surface area contributed by atoms with Crippen molar-refractivity contribution in [2.24, 2.45) is 0 Å². The fourth-order valence-corrected chi connectivity index (χ4v) is 1.81. The van der Waals surface area contributed by atoms with E-state index in [-0.39, 0.29) is 0 Å². The van der Waals surface area contributed by atoms with Crippen molar-refractivity contribution in [1.29, 1.82) is 0 Å². The summed E-state index contributed by atoms with van der Waals surface area (Å²) in [4.78, 5) is 15.2. The van der Waals surface area contributed by atoms with Gasteiger partial charge in [0.15, 0.2) is 6.29 Å². The van der Waals surface area contributed by atoms with E-state index in [1.54, 1.807) is 6.07 Å². The molecule has 0 fully saturated rings. The summed E-state index contributed by atoms with van der Waals surface area (Å²) in [6.07, 6.45) is 0.866. The molecule has 0 atom stereocenters. The number of rotatable bonds is 1. The fourth-order valence-electron chi connectivity index (χ4n) is 1.46. The topological polar surface area (TPSA) is 30.0 Å². The van der Waals surface area contributed by atoms with Crippen LogP contribution in [0.5, 0.6) is 0 Å². The van der Waals surface area contributed by atoms with Crippen LogP contribution in [0.1, 0.15) is 16.1 Å². The van der Waals surface area contributed by atoms with E-state index in [1.807, 2.05) is 25.1 Å². The lowest BCUT2D eigenvalue weighted by atomic mass is 10.1. The lowest BCUT2D eigenvalue weighted by molar-refractivity contribution is 0.112. The number of hydrogen-bond acceptors (Lipinski definition) is 2. The molecule has 14 heavy (non-hydrogen) atoms. The molecule has 1 heterocycles. The Morgan fingerprint density at radius 3 is 2.86 bits per heavy atom. The molecule has 2 aromatic rings. The predicted octanol–water partition coefficient (Wildman–Crippen LogP) is 3.12. The first-order valence-electron chi connectivity index (χ1n) is 4.23. The van der Waals surface area contributed by atoms with E-state index < -0.39 is 0 Å². The number of fused-ring (bicyclic) bond motifs is 1. The zero-order valence-electron chi connectivity index (χ0n) is 7.62. The highest BCUT2D eigenvalue weighted by molar-refractivity contribution is 9.10. The van der Waals surface area contributed by atoms with Crippen LogP contribution in [0, 0.1) is 6.92 Å². The van der Waals surface area contributed by atoms with Gasteiger partial charge >= 0.3 is 0 Å². The van der Waals surface area contributed by atoms with E-state index in [4.69, 9.17) is 0 Å². The Balaban J connectivity index is 2.87. The molecule has 0 spiro atoms. The molecule has 2 nitrogen and oxygen atoms in total. The minimum Gasteiger partial charge on any atom is -0.298 e. The summed E-state index contributed by atoms with van der Waals surface area (Å²) in [5, 5.41) is 0.897. The summed E-state index contributed by atoms with van der Waals surface area (Å²) in [5.74, 6) is 0. The van der Waals surface area contributed by atoms with Crippen molar-refractivity contribution in [3.05, 3.63) is 40.0 Å². The summed E-state index contributed by atoms with van der Waals surface area (Å²) in [5.41, 5.74) is 2.40. The number of pyridine rings is 1. The molecular formula is C11H8BrNO. The molecule has 0 amide bonds. The maximum atomic E-state index is 10.8. The second kappa shape index (κ2) is 3.50. The van der Waals surface area contributed by atoms with Crippen LogP contribution in [-0.4, -0.2) is 11.3 Å². The highest BCUT2D eigenvalue weighted by Gasteiger charge is 2.02. The van der Waals surface area contributed by atoms with E-state index in [2.05, 4.69) is 20.9 Å². The van der Waals surface area contributed by atoms with Crippen LogP contribution >= 0.6 is 15.9 Å². The number of aryl methyl sites for hydroxylation is 1. The quantitative estimate of drug-likeness (QED) is 0.728. The van der Waals surface area contributed by atoms with Crippen LogP contribution < -0.4 is 0 Å². The Hall–Kier alpha value is -1.22. The number of nitrogens with zero attached hydrogens (tertiary/aromatic N) is 1. The third-order valence-electron chi connectivity index (χ3n) is 2.06. The highest BCUT2D eigenvalue weighted by Crippen LogP contribution is 2.21. The van der Waals surface area contributed by atoms with Gasteiger partial charge < -0.3 is 0 Å². The van der Waals surface area contributed by atoms with Crippen LogP contribution in [0.15, 0.2) is 28.7 Å². The van der Waals surface area contributed by atoms with Gasteiger partial charge in [0, 0.05) is 21.1 Å². The Bertz CT molecular complexity index is 503. The second-order valence-corrected chi connectivity index (χ2v) is 4.05. The molecule has 0 aliphatic heterocycles. The molecule has 0 bridgehead atoms. The average Bonchev–Trinajstić information content (AvgIpc) is 2.15. The number of benzene rings is 1. The third-order valence-corrected chi connectivity index (χ3v) is 2.55. The average molecular weight is 250 g/mol. The predicted molar refractivity (Wildman–Crippen MR) is 59.6 cm³/mol. The van der Waals surface area contributed by atoms with Crippen LogP contribution in [0.25, 0.3) is 10.9 Å². The van der Waals surface area contributed by atoms with Crippen LogP contribution in [-0.2, 0) is 0 Å². The van der Waals surface area contributed by atoms with Crippen molar-refractivity contribution in [2.45, 2.75) is 6.92 Å². The molecule has 1 aromatic carbocycles. The zero-order chi connectivity index (χ0) is 10.1. The molecule has 0 radical (unpaired) electrons. The molecular weight excluding hydrogens is 242 g/mol. The molecule has 3 heteroatoms. The fraction of sp³-hybridized carbons (Fsp3) is 0.0909. The normalized spacial score (nSPS) is 10.4. The van der Waals surface area contributed by atoms with Crippen molar-refractivity contribution in [2.75, 3.05) is 0 Å². The van der Waals surface area contributed by atoms with Crippen LogP contribution in [0.4, 0.5) is 0 Å². The van der Waals surface area contributed by atoms with E-state index in [0.29, 0.717) is 5.56 Å². The van der Waals surface area contributed by atoms with Gasteiger partial charge in [0.25, 0.3) is 0 Å².